The average Bonchev–Trinajstić information content (AvgIpc) is 1.98. The molecule has 0 unspecified atom stereocenters. The van der Waals surface area contributed by atoms with E-state index in [1.807, 2.05) is 0 Å². The predicted octanol–water partition coefficient (Wildman–Crippen LogP) is 2.33. The summed E-state index contributed by atoms with van der Waals surface area (Å²) in [7, 11) is 0. The molecule has 4 heteroatoms. The molecular weight excluding hydrogens is 181 g/mol. The van der Waals surface area contributed by atoms with Gasteiger partial charge in [-0.2, -0.15) is 0 Å². The van der Waals surface area contributed by atoms with Crippen LogP contribution in [0.3, 0.4) is 0 Å². The van der Waals surface area contributed by atoms with E-state index in [0.29, 0.717) is 0 Å². The van der Waals surface area contributed by atoms with E-state index in [4.69, 9.17) is 0 Å². The zero-order valence-corrected chi connectivity index (χ0v) is 7.24. The lowest BCUT2D eigenvalue weighted by atomic mass is 9.98. The molecule has 0 spiro atoms. The highest BCUT2D eigenvalue weighted by Gasteiger charge is 2.24. The Balaban J connectivity index is 3.35. The van der Waals surface area contributed by atoms with Crippen molar-refractivity contribution in [3.8, 4) is 0 Å². The Morgan fingerprint density at radius 3 is 2.08 bits per heavy atom. The van der Waals surface area contributed by atoms with Crippen LogP contribution in [-0.2, 0) is 5.60 Å². The molecule has 1 nitrogen and oxygen atoms in total. The molecule has 1 rings (SSSR count). The Labute approximate surface area is 73.8 Å². The van der Waals surface area contributed by atoms with Crippen LogP contribution in [0.4, 0.5) is 13.2 Å². The predicted molar refractivity (Wildman–Crippen MR) is 41.6 cm³/mol. The van der Waals surface area contributed by atoms with E-state index in [2.05, 4.69) is 0 Å². The molecule has 0 amide bonds. The van der Waals surface area contributed by atoms with Gasteiger partial charge >= 0.3 is 0 Å². The summed E-state index contributed by atoms with van der Waals surface area (Å²) in [5, 5.41) is 9.36. The van der Waals surface area contributed by atoms with Gasteiger partial charge in [-0.15, -0.1) is 0 Å². The minimum Gasteiger partial charge on any atom is -0.386 e. The molecule has 1 N–H and O–H groups in total. The highest BCUT2D eigenvalue weighted by Crippen LogP contribution is 2.25. The molecule has 0 aliphatic heterocycles. The smallest absolute Gasteiger partial charge is 0.194 e. The molecule has 0 saturated carbocycles. The quantitative estimate of drug-likeness (QED) is 0.674. The van der Waals surface area contributed by atoms with Crippen molar-refractivity contribution in [2.45, 2.75) is 19.4 Å². The molecule has 0 aliphatic carbocycles. The standard InChI is InChI=1S/C9H9F3O/c1-9(2,13)5-3-4-6(10)8(12)7(5)11/h3-4,13H,1-2H3. The van der Waals surface area contributed by atoms with Gasteiger partial charge in [-0.3, -0.25) is 0 Å². The number of hydrogen-bond donors (Lipinski definition) is 1. The summed E-state index contributed by atoms with van der Waals surface area (Å²) >= 11 is 0. The van der Waals surface area contributed by atoms with E-state index in [9.17, 15) is 18.3 Å². The van der Waals surface area contributed by atoms with Crippen LogP contribution >= 0.6 is 0 Å². The van der Waals surface area contributed by atoms with Crippen LogP contribution in [-0.4, -0.2) is 5.11 Å². The maximum absolute atomic E-state index is 13.0. The molecule has 0 fully saturated rings. The second-order valence-electron chi connectivity index (χ2n) is 3.28. The average molecular weight is 190 g/mol. The summed E-state index contributed by atoms with van der Waals surface area (Å²) in [5.74, 6) is -4.15. The van der Waals surface area contributed by atoms with Crippen molar-refractivity contribution in [2.24, 2.45) is 0 Å². The Hall–Kier alpha value is -1.03. The van der Waals surface area contributed by atoms with E-state index in [1.54, 1.807) is 0 Å². The van der Waals surface area contributed by atoms with Gasteiger partial charge < -0.3 is 5.11 Å². The minimum atomic E-state index is -1.56. The number of benzene rings is 1. The molecule has 1 aromatic carbocycles. The van der Waals surface area contributed by atoms with Gasteiger partial charge in [0, 0.05) is 5.56 Å². The summed E-state index contributed by atoms with van der Waals surface area (Å²) < 4.78 is 38.1. The fourth-order valence-corrected chi connectivity index (χ4v) is 0.998. The van der Waals surface area contributed by atoms with E-state index in [0.717, 1.165) is 12.1 Å². The van der Waals surface area contributed by atoms with E-state index in [-0.39, 0.29) is 5.56 Å². The van der Waals surface area contributed by atoms with Crippen molar-refractivity contribution < 1.29 is 18.3 Å². The lowest BCUT2D eigenvalue weighted by Gasteiger charge is -2.18. The lowest BCUT2D eigenvalue weighted by Crippen LogP contribution is -2.18. The minimum absolute atomic E-state index is 0.258. The molecule has 0 atom stereocenters. The van der Waals surface area contributed by atoms with Crippen LogP contribution in [0, 0.1) is 17.5 Å². The first-order valence-corrected chi connectivity index (χ1v) is 3.70. The Morgan fingerprint density at radius 2 is 1.62 bits per heavy atom. The summed E-state index contributed by atoms with van der Waals surface area (Å²) in [6.07, 6.45) is 0. The van der Waals surface area contributed by atoms with Crippen molar-refractivity contribution in [1.82, 2.24) is 0 Å². The molecule has 0 radical (unpaired) electrons. The molecule has 72 valence electrons. The molecule has 1 aromatic rings. The van der Waals surface area contributed by atoms with E-state index < -0.39 is 23.1 Å². The van der Waals surface area contributed by atoms with Crippen LogP contribution in [0.2, 0.25) is 0 Å². The summed E-state index contributed by atoms with van der Waals surface area (Å²) in [4.78, 5) is 0. The zero-order valence-electron chi connectivity index (χ0n) is 7.24. The third kappa shape index (κ3) is 1.83. The Bertz CT molecular complexity index is 328. The molecule has 0 saturated heterocycles. The normalized spacial score (nSPS) is 11.8. The molecule has 13 heavy (non-hydrogen) atoms. The molecule has 0 bridgehead atoms. The fourth-order valence-electron chi connectivity index (χ4n) is 0.998. The Kier molecular flexibility index (Phi) is 2.34. The number of rotatable bonds is 1. The number of aliphatic hydroxyl groups is 1. The second-order valence-corrected chi connectivity index (χ2v) is 3.28. The van der Waals surface area contributed by atoms with Crippen LogP contribution < -0.4 is 0 Å². The van der Waals surface area contributed by atoms with Crippen molar-refractivity contribution >= 4 is 0 Å². The van der Waals surface area contributed by atoms with Gasteiger partial charge in [0.15, 0.2) is 17.5 Å². The van der Waals surface area contributed by atoms with E-state index >= 15 is 0 Å². The highest BCUT2D eigenvalue weighted by atomic mass is 19.2. The first kappa shape index (κ1) is 10.1. The van der Waals surface area contributed by atoms with Gasteiger partial charge in [0.1, 0.15) is 0 Å². The van der Waals surface area contributed by atoms with E-state index in [1.165, 1.54) is 13.8 Å². The molecule has 0 aliphatic rings. The van der Waals surface area contributed by atoms with Gasteiger partial charge in [0.25, 0.3) is 0 Å². The van der Waals surface area contributed by atoms with Gasteiger partial charge in [-0.05, 0) is 19.9 Å². The van der Waals surface area contributed by atoms with Crippen LogP contribution in [0.25, 0.3) is 0 Å². The van der Waals surface area contributed by atoms with Crippen molar-refractivity contribution in [2.75, 3.05) is 0 Å². The third-order valence-electron chi connectivity index (χ3n) is 1.69. The van der Waals surface area contributed by atoms with Crippen molar-refractivity contribution in [3.05, 3.63) is 35.1 Å². The highest BCUT2D eigenvalue weighted by molar-refractivity contribution is 5.24. The maximum atomic E-state index is 13.0. The second kappa shape index (κ2) is 3.03. The summed E-state index contributed by atoms with van der Waals surface area (Å²) in [6.45, 7) is 2.59. The van der Waals surface area contributed by atoms with Gasteiger partial charge in [0.05, 0.1) is 5.60 Å². The fraction of sp³-hybridized carbons (Fsp3) is 0.333. The lowest BCUT2D eigenvalue weighted by molar-refractivity contribution is 0.0734. The van der Waals surface area contributed by atoms with Gasteiger partial charge in [-0.25, -0.2) is 13.2 Å². The van der Waals surface area contributed by atoms with Crippen LogP contribution in [0.1, 0.15) is 19.4 Å². The number of hydrogen-bond acceptors (Lipinski definition) is 1. The topological polar surface area (TPSA) is 20.2 Å². The van der Waals surface area contributed by atoms with Gasteiger partial charge in [-0.1, -0.05) is 6.07 Å². The molecular formula is C9H9F3O. The summed E-state index contributed by atoms with van der Waals surface area (Å²) in [6, 6.07) is 1.81. The monoisotopic (exact) mass is 190 g/mol. The molecule has 0 aromatic heterocycles. The largest absolute Gasteiger partial charge is 0.386 e. The van der Waals surface area contributed by atoms with Crippen LogP contribution in [0.5, 0.6) is 0 Å². The van der Waals surface area contributed by atoms with Gasteiger partial charge in [0.2, 0.25) is 0 Å². The maximum Gasteiger partial charge on any atom is 0.194 e. The summed E-state index contributed by atoms with van der Waals surface area (Å²) in [5.41, 5.74) is -1.77. The SMILES string of the molecule is CC(C)(O)c1ccc(F)c(F)c1F. The Morgan fingerprint density at radius 1 is 1.08 bits per heavy atom. The zero-order chi connectivity index (χ0) is 10.2. The van der Waals surface area contributed by atoms with Crippen LogP contribution in [0.15, 0.2) is 12.1 Å². The number of halogens is 3. The van der Waals surface area contributed by atoms with Crippen molar-refractivity contribution in [1.29, 1.82) is 0 Å². The molecule has 0 heterocycles. The first-order valence-electron chi connectivity index (χ1n) is 3.70. The first-order chi connectivity index (χ1) is 5.84. The third-order valence-corrected chi connectivity index (χ3v) is 1.69. The van der Waals surface area contributed by atoms with Crippen molar-refractivity contribution in [3.63, 3.8) is 0 Å².